The average molecular weight is 342 g/mol. The number of allylic oxidation sites excluding steroid dienone is 2. The van der Waals surface area contributed by atoms with E-state index in [4.69, 9.17) is 0 Å². The second kappa shape index (κ2) is 7.57. The third kappa shape index (κ3) is 4.41. The van der Waals surface area contributed by atoms with Gasteiger partial charge in [0, 0.05) is 12.1 Å². The Morgan fingerprint density at radius 2 is 2.04 bits per heavy atom. The van der Waals surface area contributed by atoms with Gasteiger partial charge < -0.3 is 5.32 Å². The highest BCUT2D eigenvalue weighted by molar-refractivity contribution is 7.15. The number of aromatic nitrogens is 2. The molecule has 0 saturated carbocycles. The summed E-state index contributed by atoms with van der Waals surface area (Å²) in [5.41, 5.74) is 4.55. The monoisotopic (exact) mass is 342 g/mol. The lowest BCUT2D eigenvalue weighted by Gasteiger charge is -2.10. The molecule has 5 nitrogen and oxygen atoms in total. The van der Waals surface area contributed by atoms with Crippen molar-refractivity contribution in [2.24, 2.45) is 0 Å². The lowest BCUT2D eigenvalue weighted by molar-refractivity contribution is 0.262. The van der Waals surface area contributed by atoms with E-state index in [0.29, 0.717) is 5.13 Å². The van der Waals surface area contributed by atoms with E-state index in [1.165, 1.54) is 35.3 Å². The highest BCUT2D eigenvalue weighted by atomic mass is 32.1. The Hall–Kier alpha value is -2.21. The summed E-state index contributed by atoms with van der Waals surface area (Å²) >= 11 is 1.44. The SMILES string of the molecule is Cc1ccc(NC(=O)Nc2nnc(CC3=CCCCC3)s2)cc1C. The number of amides is 2. The Bertz CT molecular complexity index is 766. The summed E-state index contributed by atoms with van der Waals surface area (Å²) in [6.07, 6.45) is 8.01. The first-order valence-electron chi connectivity index (χ1n) is 8.26. The van der Waals surface area contributed by atoms with Crippen LogP contribution < -0.4 is 10.6 Å². The minimum absolute atomic E-state index is 0.294. The zero-order chi connectivity index (χ0) is 16.9. The van der Waals surface area contributed by atoms with E-state index in [0.717, 1.165) is 35.5 Å². The fourth-order valence-corrected chi connectivity index (χ4v) is 3.50. The topological polar surface area (TPSA) is 66.9 Å². The highest BCUT2D eigenvalue weighted by Gasteiger charge is 2.11. The Kier molecular flexibility index (Phi) is 5.25. The van der Waals surface area contributed by atoms with Crippen LogP contribution in [0.5, 0.6) is 0 Å². The van der Waals surface area contributed by atoms with Crippen LogP contribution in [0.15, 0.2) is 29.8 Å². The number of urea groups is 1. The largest absolute Gasteiger partial charge is 0.325 e. The van der Waals surface area contributed by atoms with Gasteiger partial charge in [0.25, 0.3) is 0 Å². The molecule has 24 heavy (non-hydrogen) atoms. The minimum atomic E-state index is -0.294. The molecule has 126 valence electrons. The van der Waals surface area contributed by atoms with Gasteiger partial charge in [0.1, 0.15) is 5.01 Å². The first-order chi connectivity index (χ1) is 11.6. The van der Waals surface area contributed by atoms with Crippen LogP contribution in [-0.2, 0) is 6.42 Å². The summed E-state index contributed by atoms with van der Waals surface area (Å²) in [7, 11) is 0. The Morgan fingerprint density at radius 3 is 2.79 bits per heavy atom. The Balaban J connectivity index is 1.56. The van der Waals surface area contributed by atoms with Crippen molar-refractivity contribution in [2.75, 3.05) is 10.6 Å². The number of aryl methyl sites for hydroxylation is 2. The number of nitrogens with zero attached hydrogens (tertiary/aromatic N) is 2. The van der Waals surface area contributed by atoms with E-state index >= 15 is 0 Å². The highest BCUT2D eigenvalue weighted by Crippen LogP contribution is 2.24. The van der Waals surface area contributed by atoms with E-state index in [9.17, 15) is 4.79 Å². The summed E-state index contributed by atoms with van der Waals surface area (Å²) < 4.78 is 0. The van der Waals surface area contributed by atoms with Crippen molar-refractivity contribution in [3.05, 3.63) is 46.0 Å². The second-order valence-electron chi connectivity index (χ2n) is 6.16. The van der Waals surface area contributed by atoms with E-state index < -0.39 is 0 Å². The third-order valence-corrected chi connectivity index (χ3v) is 5.05. The number of hydrogen-bond donors (Lipinski definition) is 2. The quantitative estimate of drug-likeness (QED) is 0.781. The van der Waals surface area contributed by atoms with Gasteiger partial charge in [-0.25, -0.2) is 4.79 Å². The molecule has 0 aliphatic heterocycles. The van der Waals surface area contributed by atoms with Crippen molar-refractivity contribution in [3.8, 4) is 0 Å². The van der Waals surface area contributed by atoms with E-state index in [1.807, 2.05) is 32.0 Å². The van der Waals surface area contributed by atoms with Crippen molar-refractivity contribution in [3.63, 3.8) is 0 Å². The van der Waals surface area contributed by atoms with Crippen molar-refractivity contribution in [1.29, 1.82) is 0 Å². The molecule has 0 saturated heterocycles. The van der Waals surface area contributed by atoms with Crippen LogP contribution in [0.25, 0.3) is 0 Å². The average Bonchev–Trinajstić information content (AvgIpc) is 2.99. The van der Waals surface area contributed by atoms with Crippen LogP contribution in [0.1, 0.15) is 41.8 Å². The molecule has 0 spiro atoms. The molecule has 0 unspecified atom stereocenters. The Labute approximate surface area is 146 Å². The van der Waals surface area contributed by atoms with Crippen molar-refractivity contribution >= 4 is 28.2 Å². The summed E-state index contributed by atoms with van der Waals surface area (Å²) in [5, 5.41) is 15.3. The molecule has 0 radical (unpaired) electrons. The molecule has 1 aliphatic rings. The van der Waals surface area contributed by atoms with Crippen LogP contribution in [0.3, 0.4) is 0 Å². The molecule has 1 aromatic carbocycles. The van der Waals surface area contributed by atoms with Crippen molar-refractivity contribution in [2.45, 2.75) is 46.0 Å². The first-order valence-corrected chi connectivity index (χ1v) is 9.07. The lowest BCUT2D eigenvalue weighted by Crippen LogP contribution is -2.19. The van der Waals surface area contributed by atoms with Crippen LogP contribution in [0.2, 0.25) is 0 Å². The fourth-order valence-electron chi connectivity index (χ4n) is 2.71. The van der Waals surface area contributed by atoms with E-state index in [1.54, 1.807) is 0 Å². The van der Waals surface area contributed by atoms with Gasteiger partial charge in [-0.2, -0.15) is 0 Å². The molecule has 2 N–H and O–H groups in total. The van der Waals surface area contributed by atoms with Gasteiger partial charge in [-0.15, -0.1) is 10.2 Å². The molecular formula is C18H22N4OS. The molecule has 2 aromatic rings. The van der Waals surface area contributed by atoms with Gasteiger partial charge in [-0.05, 0) is 62.8 Å². The molecular weight excluding hydrogens is 320 g/mol. The molecule has 3 rings (SSSR count). The number of nitrogens with one attached hydrogen (secondary N) is 2. The zero-order valence-electron chi connectivity index (χ0n) is 14.1. The van der Waals surface area contributed by atoms with E-state index in [2.05, 4.69) is 26.9 Å². The van der Waals surface area contributed by atoms with Crippen LogP contribution in [-0.4, -0.2) is 16.2 Å². The number of benzene rings is 1. The maximum atomic E-state index is 12.1. The predicted molar refractivity (Wildman–Crippen MR) is 98.7 cm³/mol. The van der Waals surface area contributed by atoms with Crippen molar-refractivity contribution in [1.82, 2.24) is 10.2 Å². The second-order valence-corrected chi connectivity index (χ2v) is 7.23. The maximum absolute atomic E-state index is 12.1. The van der Waals surface area contributed by atoms with Gasteiger partial charge in [0.2, 0.25) is 5.13 Å². The molecule has 6 heteroatoms. The molecule has 0 fully saturated rings. The summed E-state index contributed by atoms with van der Waals surface area (Å²) in [6.45, 7) is 4.07. The number of carbonyl (C=O) groups is 1. The number of anilines is 2. The smallest absolute Gasteiger partial charge is 0.308 e. The summed E-state index contributed by atoms with van der Waals surface area (Å²) in [4.78, 5) is 12.1. The lowest BCUT2D eigenvalue weighted by atomic mass is 9.98. The predicted octanol–water partition coefficient (Wildman–Crippen LogP) is 4.84. The number of hydrogen-bond acceptors (Lipinski definition) is 4. The van der Waals surface area contributed by atoms with E-state index in [-0.39, 0.29) is 6.03 Å². The zero-order valence-corrected chi connectivity index (χ0v) is 14.9. The van der Waals surface area contributed by atoms with Gasteiger partial charge in [-0.1, -0.05) is 29.1 Å². The minimum Gasteiger partial charge on any atom is -0.308 e. The van der Waals surface area contributed by atoms with Crippen molar-refractivity contribution < 1.29 is 4.79 Å². The summed E-state index contributed by atoms with van der Waals surface area (Å²) in [6, 6.07) is 5.54. The van der Waals surface area contributed by atoms with Crippen LogP contribution >= 0.6 is 11.3 Å². The Morgan fingerprint density at radius 1 is 1.17 bits per heavy atom. The molecule has 2 amide bonds. The maximum Gasteiger partial charge on any atom is 0.325 e. The van der Waals surface area contributed by atoms with Gasteiger partial charge in [0.05, 0.1) is 0 Å². The van der Waals surface area contributed by atoms with Crippen LogP contribution in [0, 0.1) is 13.8 Å². The van der Waals surface area contributed by atoms with Crippen LogP contribution in [0.4, 0.5) is 15.6 Å². The first kappa shape index (κ1) is 16.6. The third-order valence-electron chi connectivity index (χ3n) is 4.22. The number of rotatable bonds is 4. The molecule has 1 heterocycles. The van der Waals surface area contributed by atoms with Gasteiger partial charge >= 0.3 is 6.03 Å². The molecule has 0 bridgehead atoms. The molecule has 1 aliphatic carbocycles. The summed E-state index contributed by atoms with van der Waals surface area (Å²) in [5.74, 6) is 0. The normalized spacial score (nSPS) is 14.2. The van der Waals surface area contributed by atoms with Gasteiger partial charge in [0.15, 0.2) is 0 Å². The fraction of sp³-hybridized carbons (Fsp3) is 0.389. The molecule has 0 atom stereocenters. The van der Waals surface area contributed by atoms with Gasteiger partial charge in [-0.3, -0.25) is 5.32 Å². The standard InChI is InChI=1S/C18H22N4OS/c1-12-8-9-15(10-13(12)2)19-17(23)20-18-22-21-16(24-18)11-14-6-4-3-5-7-14/h6,8-10H,3-5,7,11H2,1-2H3,(H2,19,20,22,23). The molecule has 1 aromatic heterocycles. The number of carbonyl (C=O) groups excluding carboxylic acids is 1.